The Bertz CT molecular complexity index is 504. The first-order valence-corrected chi connectivity index (χ1v) is 6.64. The van der Waals surface area contributed by atoms with Gasteiger partial charge in [0.25, 0.3) is 0 Å². The van der Waals surface area contributed by atoms with E-state index in [-0.39, 0.29) is 17.9 Å². The van der Waals surface area contributed by atoms with E-state index in [1.807, 2.05) is 43.0 Å². The zero-order chi connectivity index (χ0) is 13.8. The molecule has 1 aliphatic heterocycles. The highest BCUT2D eigenvalue weighted by Gasteiger charge is 2.33. The highest BCUT2D eigenvalue weighted by atomic mass is 16.5. The summed E-state index contributed by atoms with van der Waals surface area (Å²) in [5.41, 5.74) is 1.04. The minimum absolute atomic E-state index is 0.00593. The lowest BCUT2D eigenvalue weighted by atomic mass is 10.1. The molecule has 1 aromatic rings. The maximum Gasteiger partial charge on any atom is 0.224 e. The van der Waals surface area contributed by atoms with Crippen LogP contribution in [0.5, 0.6) is 5.75 Å². The molecule has 2 unspecified atom stereocenters. The first kappa shape index (κ1) is 13.5. The number of hydrogen-bond acceptors (Lipinski definition) is 2. The third-order valence-electron chi connectivity index (χ3n) is 3.53. The number of ether oxygens (including phenoxy) is 1. The lowest BCUT2D eigenvalue weighted by Gasteiger charge is -2.26. The fraction of sp³-hybridized carbons (Fsp3) is 0.438. The van der Waals surface area contributed by atoms with E-state index in [9.17, 15) is 4.79 Å². The Kier molecular flexibility index (Phi) is 4.11. The van der Waals surface area contributed by atoms with E-state index in [2.05, 4.69) is 5.92 Å². The summed E-state index contributed by atoms with van der Waals surface area (Å²) in [4.78, 5) is 13.9. The van der Waals surface area contributed by atoms with Crippen molar-refractivity contribution in [1.29, 1.82) is 0 Å². The van der Waals surface area contributed by atoms with Crippen LogP contribution in [0, 0.1) is 18.3 Å². The molecule has 1 saturated heterocycles. The Labute approximate surface area is 114 Å². The lowest BCUT2D eigenvalue weighted by molar-refractivity contribution is -0.129. The molecule has 0 N–H and O–H groups in total. The third kappa shape index (κ3) is 2.73. The highest BCUT2D eigenvalue weighted by molar-refractivity contribution is 5.79. The Balaban J connectivity index is 2.23. The van der Waals surface area contributed by atoms with Gasteiger partial charge < -0.3 is 9.64 Å². The van der Waals surface area contributed by atoms with Gasteiger partial charge in [0.2, 0.25) is 5.91 Å². The molecule has 19 heavy (non-hydrogen) atoms. The molecule has 1 aromatic carbocycles. The Morgan fingerprint density at radius 2 is 2.26 bits per heavy atom. The molecule has 1 amide bonds. The van der Waals surface area contributed by atoms with Crippen LogP contribution in [0.1, 0.15) is 31.9 Å². The summed E-state index contributed by atoms with van der Waals surface area (Å²) in [6.07, 6.45) is 5.88. The molecule has 0 spiro atoms. The first-order valence-electron chi connectivity index (χ1n) is 6.64. The van der Waals surface area contributed by atoms with Crippen LogP contribution in [0.2, 0.25) is 0 Å². The summed E-state index contributed by atoms with van der Waals surface area (Å²) in [6.45, 7) is 5.23. The minimum atomic E-state index is -0.00593. The Hall–Kier alpha value is -1.95. The molecule has 2 rings (SSSR count). The second-order valence-corrected chi connectivity index (χ2v) is 4.76. The van der Waals surface area contributed by atoms with Gasteiger partial charge in [0.15, 0.2) is 0 Å². The molecule has 3 heteroatoms. The van der Waals surface area contributed by atoms with Crippen LogP contribution < -0.4 is 4.74 Å². The summed E-state index contributed by atoms with van der Waals surface area (Å²) in [6, 6.07) is 7.85. The number of likely N-dealkylation sites (tertiary alicyclic amines) is 1. The lowest BCUT2D eigenvalue weighted by Crippen LogP contribution is -2.28. The SMILES string of the molecule is C#CC1CC(=O)N(C(C)c2ccccc2OCC)C1. The van der Waals surface area contributed by atoms with Crippen LogP contribution in [-0.4, -0.2) is 24.0 Å². The van der Waals surface area contributed by atoms with Gasteiger partial charge in [-0.2, -0.15) is 0 Å². The summed E-state index contributed by atoms with van der Waals surface area (Å²) < 4.78 is 5.63. The summed E-state index contributed by atoms with van der Waals surface area (Å²) >= 11 is 0. The van der Waals surface area contributed by atoms with Crippen molar-refractivity contribution in [2.24, 2.45) is 5.92 Å². The van der Waals surface area contributed by atoms with E-state index in [0.29, 0.717) is 19.6 Å². The van der Waals surface area contributed by atoms with Gasteiger partial charge in [-0.1, -0.05) is 18.2 Å². The average Bonchev–Trinajstić information content (AvgIpc) is 2.80. The number of amides is 1. The fourth-order valence-corrected chi connectivity index (χ4v) is 2.50. The van der Waals surface area contributed by atoms with Gasteiger partial charge in [-0.05, 0) is 19.9 Å². The summed E-state index contributed by atoms with van der Waals surface area (Å²) in [5.74, 6) is 3.68. The van der Waals surface area contributed by atoms with Crippen molar-refractivity contribution in [3.63, 3.8) is 0 Å². The topological polar surface area (TPSA) is 29.5 Å². The van der Waals surface area contributed by atoms with E-state index in [0.717, 1.165) is 11.3 Å². The third-order valence-corrected chi connectivity index (χ3v) is 3.53. The van der Waals surface area contributed by atoms with Crippen LogP contribution >= 0.6 is 0 Å². The second-order valence-electron chi connectivity index (χ2n) is 4.76. The van der Waals surface area contributed by atoms with Gasteiger partial charge in [-0.25, -0.2) is 0 Å². The molecule has 0 bridgehead atoms. The van der Waals surface area contributed by atoms with Crippen molar-refractivity contribution in [2.45, 2.75) is 26.3 Å². The number of para-hydroxylation sites is 1. The van der Waals surface area contributed by atoms with Gasteiger partial charge in [-0.15, -0.1) is 12.3 Å². The molecule has 0 aliphatic carbocycles. The van der Waals surface area contributed by atoms with Gasteiger partial charge in [-0.3, -0.25) is 4.79 Å². The van der Waals surface area contributed by atoms with Crippen LogP contribution in [0.25, 0.3) is 0 Å². The van der Waals surface area contributed by atoms with Crippen molar-refractivity contribution in [2.75, 3.05) is 13.2 Å². The standard InChI is InChI=1S/C16H19NO2/c1-4-13-10-16(18)17(11-13)12(3)14-8-6-7-9-15(14)19-5-2/h1,6-9,12-13H,5,10-11H2,2-3H3. The van der Waals surface area contributed by atoms with E-state index in [4.69, 9.17) is 11.2 Å². The molecule has 0 radical (unpaired) electrons. The molecule has 1 heterocycles. The molecule has 0 saturated carbocycles. The molecule has 0 aromatic heterocycles. The molecule has 2 atom stereocenters. The van der Waals surface area contributed by atoms with Crippen LogP contribution in [0.3, 0.4) is 0 Å². The molecular formula is C16H19NO2. The van der Waals surface area contributed by atoms with Crippen molar-refractivity contribution >= 4 is 5.91 Å². The quantitative estimate of drug-likeness (QED) is 0.776. The minimum Gasteiger partial charge on any atom is -0.494 e. The number of carbonyl (C=O) groups excluding carboxylic acids is 1. The molecule has 3 nitrogen and oxygen atoms in total. The Morgan fingerprint density at radius 3 is 2.89 bits per heavy atom. The van der Waals surface area contributed by atoms with E-state index >= 15 is 0 Å². The molecular weight excluding hydrogens is 238 g/mol. The normalized spacial score (nSPS) is 20.2. The maximum atomic E-state index is 12.0. The largest absolute Gasteiger partial charge is 0.494 e. The van der Waals surface area contributed by atoms with E-state index < -0.39 is 0 Å². The number of benzene rings is 1. The zero-order valence-corrected chi connectivity index (χ0v) is 11.4. The number of hydrogen-bond donors (Lipinski definition) is 0. The van der Waals surface area contributed by atoms with Crippen molar-refractivity contribution < 1.29 is 9.53 Å². The van der Waals surface area contributed by atoms with Crippen molar-refractivity contribution in [1.82, 2.24) is 4.90 Å². The average molecular weight is 257 g/mol. The highest BCUT2D eigenvalue weighted by Crippen LogP contribution is 2.33. The monoisotopic (exact) mass is 257 g/mol. The van der Waals surface area contributed by atoms with E-state index in [1.165, 1.54) is 0 Å². The number of carbonyl (C=O) groups is 1. The predicted octanol–water partition coefficient (Wildman–Crippen LogP) is 2.63. The molecule has 100 valence electrons. The van der Waals surface area contributed by atoms with Gasteiger partial charge in [0, 0.05) is 24.4 Å². The maximum absolute atomic E-state index is 12.0. The van der Waals surface area contributed by atoms with Crippen LogP contribution in [0.4, 0.5) is 0 Å². The van der Waals surface area contributed by atoms with Gasteiger partial charge >= 0.3 is 0 Å². The Morgan fingerprint density at radius 1 is 1.53 bits per heavy atom. The van der Waals surface area contributed by atoms with Gasteiger partial charge in [0.05, 0.1) is 12.6 Å². The predicted molar refractivity (Wildman–Crippen MR) is 74.7 cm³/mol. The summed E-state index contributed by atoms with van der Waals surface area (Å²) in [7, 11) is 0. The second kappa shape index (κ2) is 5.79. The fourth-order valence-electron chi connectivity index (χ4n) is 2.50. The van der Waals surface area contributed by atoms with E-state index in [1.54, 1.807) is 0 Å². The summed E-state index contributed by atoms with van der Waals surface area (Å²) in [5, 5.41) is 0. The first-order chi connectivity index (χ1) is 9.17. The number of rotatable bonds is 4. The number of nitrogens with zero attached hydrogens (tertiary/aromatic N) is 1. The van der Waals surface area contributed by atoms with Gasteiger partial charge in [0.1, 0.15) is 5.75 Å². The molecule has 1 aliphatic rings. The molecule has 1 fully saturated rings. The zero-order valence-electron chi connectivity index (χ0n) is 11.4. The number of terminal acetylenes is 1. The smallest absolute Gasteiger partial charge is 0.224 e. The van der Waals surface area contributed by atoms with Crippen LogP contribution in [0.15, 0.2) is 24.3 Å². The van der Waals surface area contributed by atoms with Crippen LogP contribution in [-0.2, 0) is 4.79 Å². The van der Waals surface area contributed by atoms with Crippen molar-refractivity contribution in [3.8, 4) is 18.1 Å². The van der Waals surface area contributed by atoms with Crippen molar-refractivity contribution in [3.05, 3.63) is 29.8 Å².